The molecule has 5 rings (SSSR count). The van der Waals surface area contributed by atoms with Crippen LogP contribution >= 0.6 is 0 Å². The highest BCUT2D eigenvalue weighted by Gasteiger charge is 2.44. The summed E-state index contributed by atoms with van der Waals surface area (Å²) in [5.74, 6) is 0.599. The summed E-state index contributed by atoms with van der Waals surface area (Å²) in [5.41, 5.74) is 4.32. The number of sulfonamides is 1. The molecule has 1 amide bonds. The number of rotatable bonds is 16. The molecule has 254 valence electrons. The zero-order valence-electron chi connectivity index (χ0n) is 28.3. The summed E-state index contributed by atoms with van der Waals surface area (Å²) in [6.45, 7) is 2.05. The quantitative estimate of drug-likeness (QED) is 0.137. The van der Waals surface area contributed by atoms with Crippen LogP contribution in [0.15, 0.2) is 108 Å². The molecule has 1 aliphatic heterocycles. The molecule has 4 aromatic carbocycles. The Labute approximate surface area is 286 Å². The lowest BCUT2D eigenvalue weighted by atomic mass is 9.96. The van der Waals surface area contributed by atoms with Gasteiger partial charge in [0.15, 0.2) is 11.5 Å². The molecule has 2 atom stereocenters. The summed E-state index contributed by atoms with van der Waals surface area (Å²) in [5, 5.41) is 3.33. The number of carbonyl (C=O) groups excluding carboxylic acids is 1. The van der Waals surface area contributed by atoms with Crippen molar-refractivity contribution in [2.24, 2.45) is 5.92 Å². The van der Waals surface area contributed by atoms with E-state index in [1.54, 1.807) is 13.0 Å². The molecule has 0 spiro atoms. The van der Waals surface area contributed by atoms with Crippen LogP contribution in [0.1, 0.15) is 54.4 Å². The highest BCUT2D eigenvalue weighted by Crippen LogP contribution is 2.37. The van der Waals surface area contributed by atoms with Crippen molar-refractivity contribution in [3.8, 4) is 11.5 Å². The Hall–Kier alpha value is -4.14. The van der Waals surface area contributed by atoms with Gasteiger partial charge in [-0.3, -0.25) is 4.79 Å². The van der Waals surface area contributed by atoms with Crippen molar-refractivity contribution in [3.63, 3.8) is 0 Å². The minimum Gasteiger partial charge on any atom is -0.493 e. The maximum absolute atomic E-state index is 14.4. The molecule has 48 heavy (non-hydrogen) atoms. The predicted octanol–water partition coefficient (Wildman–Crippen LogP) is 7.16. The first-order valence-corrected chi connectivity index (χ1v) is 18.4. The Bertz CT molecular complexity index is 1670. The predicted molar refractivity (Wildman–Crippen MR) is 191 cm³/mol. The number of methoxy groups -OCH3 is 2. The van der Waals surface area contributed by atoms with Crippen LogP contribution < -0.4 is 14.8 Å². The van der Waals surface area contributed by atoms with Crippen LogP contribution in [0.4, 0.5) is 0 Å². The Morgan fingerprint density at radius 2 is 1.35 bits per heavy atom. The number of nitrogens with zero attached hydrogens (tertiary/aromatic N) is 1. The summed E-state index contributed by atoms with van der Waals surface area (Å²) >= 11 is 0. The number of aryl methyl sites for hydroxylation is 3. The molecule has 0 radical (unpaired) electrons. The van der Waals surface area contributed by atoms with Gasteiger partial charge in [0.1, 0.15) is 6.04 Å². The van der Waals surface area contributed by atoms with Crippen LogP contribution in [0.5, 0.6) is 11.5 Å². The van der Waals surface area contributed by atoms with Crippen molar-refractivity contribution in [3.05, 3.63) is 125 Å². The molecular weight excluding hydrogens is 621 g/mol. The Kier molecular flexibility index (Phi) is 12.3. The zero-order valence-corrected chi connectivity index (χ0v) is 29.1. The van der Waals surface area contributed by atoms with Gasteiger partial charge in [-0.05, 0) is 92.5 Å². The smallest absolute Gasteiger partial charge is 0.243 e. The summed E-state index contributed by atoms with van der Waals surface area (Å²) in [6.07, 6.45) is 6.48. The highest BCUT2D eigenvalue weighted by atomic mass is 32.2. The monoisotopic (exact) mass is 668 g/mol. The molecule has 0 bridgehead atoms. The van der Waals surface area contributed by atoms with Crippen LogP contribution in [0.3, 0.4) is 0 Å². The van der Waals surface area contributed by atoms with Crippen molar-refractivity contribution in [1.29, 1.82) is 0 Å². The standard InChI is InChI=1S/C40H48N2O5S/c1-30-25-36(28-38(46-2)39(30)47-3)48(44,45)42-29-34(26-33-19-11-6-12-20-33)27-37(42)40(43)41-35(23-13-21-31-15-7-4-8-16-31)24-14-22-32-17-9-5-10-18-32/h4-12,15-20,25,28,34-35,37H,13-14,21-24,26-27,29H2,1-3H3,(H,41,43)/t34-,37-/m0/s1. The average Bonchev–Trinajstić information content (AvgIpc) is 3.54. The minimum absolute atomic E-state index is 0.00576. The summed E-state index contributed by atoms with van der Waals surface area (Å²) in [6, 6.07) is 33.1. The molecule has 1 saturated heterocycles. The Morgan fingerprint density at radius 1 is 0.812 bits per heavy atom. The number of amides is 1. The lowest BCUT2D eigenvalue weighted by Crippen LogP contribution is -2.48. The SMILES string of the molecule is COc1cc(S(=O)(=O)N2C[C@@H](Cc3ccccc3)C[C@H]2C(=O)NC(CCCc2ccccc2)CCCc2ccccc2)cc(C)c1OC. The fourth-order valence-electron chi connectivity index (χ4n) is 6.88. The van der Waals surface area contributed by atoms with Crippen molar-refractivity contribution in [1.82, 2.24) is 9.62 Å². The highest BCUT2D eigenvalue weighted by molar-refractivity contribution is 7.89. The summed E-state index contributed by atoms with van der Waals surface area (Å²) < 4.78 is 41.1. The van der Waals surface area contributed by atoms with E-state index in [1.807, 2.05) is 30.3 Å². The van der Waals surface area contributed by atoms with Gasteiger partial charge >= 0.3 is 0 Å². The largest absolute Gasteiger partial charge is 0.493 e. The van der Waals surface area contributed by atoms with Crippen LogP contribution in [-0.2, 0) is 34.1 Å². The van der Waals surface area contributed by atoms with E-state index >= 15 is 0 Å². The lowest BCUT2D eigenvalue weighted by molar-refractivity contribution is -0.125. The van der Waals surface area contributed by atoms with Gasteiger partial charge in [0.2, 0.25) is 15.9 Å². The van der Waals surface area contributed by atoms with E-state index in [0.29, 0.717) is 29.9 Å². The van der Waals surface area contributed by atoms with Gasteiger partial charge in [-0.25, -0.2) is 8.42 Å². The van der Waals surface area contributed by atoms with Gasteiger partial charge in [-0.1, -0.05) is 91.0 Å². The molecule has 0 aliphatic carbocycles. The van der Waals surface area contributed by atoms with Crippen LogP contribution in [-0.4, -0.2) is 51.5 Å². The second-order valence-electron chi connectivity index (χ2n) is 12.8. The fraction of sp³-hybridized carbons (Fsp3) is 0.375. The average molecular weight is 669 g/mol. The molecule has 0 unspecified atom stereocenters. The van der Waals surface area contributed by atoms with Gasteiger partial charge in [0.25, 0.3) is 0 Å². The first-order chi connectivity index (χ1) is 23.3. The van der Waals surface area contributed by atoms with E-state index in [1.165, 1.54) is 35.7 Å². The zero-order chi connectivity index (χ0) is 33.9. The fourth-order valence-corrected chi connectivity index (χ4v) is 8.65. The van der Waals surface area contributed by atoms with E-state index in [2.05, 4.69) is 66.0 Å². The van der Waals surface area contributed by atoms with Gasteiger partial charge in [0, 0.05) is 18.7 Å². The van der Waals surface area contributed by atoms with Gasteiger partial charge in [-0.15, -0.1) is 0 Å². The lowest BCUT2D eigenvalue weighted by Gasteiger charge is -2.27. The summed E-state index contributed by atoms with van der Waals surface area (Å²) in [4.78, 5) is 14.3. The first kappa shape index (κ1) is 35.2. The molecule has 7 nitrogen and oxygen atoms in total. The molecule has 8 heteroatoms. The molecule has 0 aromatic heterocycles. The Morgan fingerprint density at radius 3 is 1.88 bits per heavy atom. The maximum atomic E-state index is 14.4. The number of benzene rings is 4. The van der Waals surface area contributed by atoms with E-state index in [0.717, 1.165) is 44.1 Å². The van der Waals surface area contributed by atoms with Gasteiger partial charge in [0.05, 0.1) is 19.1 Å². The summed E-state index contributed by atoms with van der Waals surface area (Å²) in [7, 11) is -1.02. The van der Waals surface area contributed by atoms with Gasteiger partial charge in [-0.2, -0.15) is 4.31 Å². The third-order valence-electron chi connectivity index (χ3n) is 9.33. The van der Waals surface area contributed by atoms with Crippen molar-refractivity contribution < 1.29 is 22.7 Å². The van der Waals surface area contributed by atoms with E-state index < -0.39 is 16.1 Å². The van der Waals surface area contributed by atoms with E-state index in [9.17, 15) is 13.2 Å². The normalized spacial score (nSPS) is 16.6. The van der Waals surface area contributed by atoms with Gasteiger partial charge < -0.3 is 14.8 Å². The number of nitrogens with one attached hydrogen (secondary N) is 1. The van der Waals surface area contributed by atoms with Crippen LogP contribution in [0.25, 0.3) is 0 Å². The molecule has 0 saturated carbocycles. The number of hydrogen-bond donors (Lipinski definition) is 1. The first-order valence-electron chi connectivity index (χ1n) is 16.9. The topological polar surface area (TPSA) is 84.9 Å². The van der Waals surface area contributed by atoms with Crippen molar-refractivity contribution in [2.75, 3.05) is 20.8 Å². The van der Waals surface area contributed by atoms with Crippen LogP contribution in [0.2, 0.25) is 0 Å². The molecule has 1 fully saturated rings. The number of hydrogen-bond acceptors (Lipinski definition) is 5. The Balaban J connectivity index is 1.37. The molecule has 1 N–H and O–H groups in total. The minimum atomic E-state index is -4.04. The van der Waals surface area contributed by atoms with Crippen molar-refractivity contribution >= 4 is 15.9 Å². The third-order valence-corrected chi connectivity index (χ3v) is 11.2. The second-order valence-corrected chi connectivity index (χ2v) is 14.7. The maximum Gasteiger partial charge on any atom is 0.243 e. The molecule has 4 aromatic rings. The molecule has 1 aliphatic rings. The molecular formula is C40H48N2O5S. The van der Waals surface area contributed by atoms with Crippen molar-refractivity contribution in [2.45, 2.75) is 75.3 Å². The van der Waals surface area contributed by atoms with Crippen LogP contribution in [0, 0.1) is 12.8 Å². The second kappa shape index (κ2) is 16.8. The van der Waals surface area contributed by atoms with E-state index in [-0.39, 0.29) is 29.3 Å². The number of ether oxygens (including phenoxy) is 2. The number of carbonyl (C=O) groups is 1. The van der Waals surface area contributed by atoms with E-state index in [4.69, 9.17) is 9.47 Å². The third kappa shape index (κ3) is 9.05. The molecule has 1 heterocycles.